The zero-order chi connectivity index (χ0) is 13.5. The van der Waals surface area contributed by atoms with E-state index in [4.69, 9.17) is 4.74 Å². The molecular formula is C14H26N2O3. The fourth-order valence-corrected chi connectivity index (χ4v) is 2.93. The first kappa shape index (κ1) is 14.8. The van der Waals surface area contributed by atoms with E-state index in [1.54, 1.807) is 0 Å². The van der Waals surface area contributed by atoms with Crippen LogP contribution in [-0.2, 0) is 9.53 Å². The Kier molecular flexibility index (Phi) is 6.07. The van der Waals surface area contributed by atoms with Gasteiger partial charge in [0.25, 0.3) is 0 Å². The third-order valence-corrected chi connectivity index (χ3v) is 4.14. The number of hydrogen-bond donors (Lipinski definition) is 2. The molecule has 1 amide bonds. The van der Waals surface area contributed by atoms with E-state index in [1.807, 2.05) is 4.90 Å². The Balaban J connectivity index is 1.79. The lowest BCUT2D eigenvalue weighted by Crippen LogP contribution is -2.44. The van der Waals surface area contributed by atoms with Gasteiger partial charge in [0.2, 0.25) is 5.91 Å². The maximum Gasteiger partial charge on any atom is 0.248 e. The van der Waals surface area contributed by atoms with E-state index in [-0.39, 0.29) is 31.3 Å². The molecule has 2 N–H and O–H groups in total. The van der Waals surface area contributed by atoms with Crippen LogP contribution in [0.2, 0.25) is 0 Å². The minimum Gasteiger partial charge on any atom is -0.394 e. The maximum atomic E-state index is 12.2. The molecule has 2 heterocycles. The Morgan fingerprint density at radius 2 is 2.00 bits per heavy atom. The van der Waals surface area contributed by atoms with E-state index in [1.165, 1.54) is 0 Å². The molecule has 1 atom stereocenters. The number of carbonyl (C=O) groups excluding carboxylic acids is 1. The second-order valence-corrected chi connectivity index (χ2v) is 5.53. The van der Waals surface area contributed by atoms with Gasteiger partial charge in [-0.15, -0.1) is 0 Å². The van der Waals surface area contributed by atoms with Crippen LogP contribution in [0.15, 0.2) is 0 Å². The predicted octanol–water partition coefficient (Wildman–Crippen LogP) is 0.519. The summed E-state index contributed by atoms with van der Waals surface area (Å²) in [5, 5.41) is 12.7. The number of amides is 1. The number of hydrogen-bond acceptors (Lipinski definition) is 4. The molecule has 0 bridgehead atoms. The molecule has 0 radical (unpaired) electrons. The molecule has 5 heteroatoms. The van der Waals surface area contributed by atoms with Crippen LogP contribution in [0.3, 0.4) is 0 Å². The molecule has 0 saturated carbocycles. The highest BCUT2D eigenvalue weighted by Crippen LogP contribution is 2.17. The lowest BCUT2D eigenvalue weighted by Gasteiger charge is -2.30. The van der Waals surface area contributed by atoms with Crippen molar-refractivity contribution in [2.24, 2.45) is 0 Å². The van der Waals surface area contributed by atoms with Crippen LogP contribution in [0.4, 0.5) is 0 Å². The van der Waals surface area contributed by atoms with Crippen molar-refractivity contribution in [3.63, 3.8) is 0 Å². The number of likely N-dealkylation sites (tertiary alicyclic amines) is 1. The van der Waals surface area contributed by atoms with E-state index in [9.17, 15) is 9.90 Å². The minimum atomic E-state index is -0.00776. The van der Waals surface area contributed by atoms with Gasteiger partial charge < -0.3 is 20.1 Å². The van der Waals surface area contributed by atoms with Gasteiger partial charge in [-0.1, -0.05) is 12.8 Å². The molecule has 0 aliphatic carbocycles. The van der Waals surface area contributed by atoms with Crippen molar-refractivity contribution in [3.8, 4) is 0 Å². The normalized spacial score (nSPS) is 26.2. The summed E-state index contributed by atoms with van der Waals surface area (Å²) < 4.78 is 5.72. The van der Waals surface area contributed by atoms with E-state index < -0.39 is 0 Å². The highest BCUT2D eigenvalue weighted by atomic mass is 16.5. The van der Waals surface area contributed by atoms with Gasteiger partial charge in [0, 0.05) is 6.54 Å². The van der Waals surface area contributed by atoms with Crippen molar-refractivity contribution >= 4 is 5.91 Å². The van der Waals surface area contributed by atoms with Crippen molar-refractivity contribution in [1.29, 1.82) is 0 Å². The van der Waals surface area contributed by atoms with Crippen molar-refractivity contribution in [3.05, 3.63) is 0 Å². The molecule has 1 unspecified atom stereocenters. The van der Waals surface area contributed by atoms with Gasteiger partial charge in [-0.3, -0.25) is 4.79 Å². The Morgan fingerprint density at radius 1 is 1.21 bits per heavy atom. The Hall–Kier alpha value is -0.650. The van der Waals surface area contributed by atoms with Crippen LogP contribution < -0.4 is 5.32 Å². The third-order valence-electron chi connectivity index (χ3n) is 4.14. The summed E-state index contributed by atoms with van der Waals surface area (Å²) in [5.41, 5.74) is 0. The van der Waals surface area contributed by atoms with Gasteiger partial charge in [-0.2, -0.15) is 0 Å². The van der Waals surface area contributed by atoms with Crippen LogP contribution in [-0.4, -0.2) is 60.9 Å². The van der Waals surface area contributed by atoms with Gasteiger partial charge in [-0.05, 0) is 38.8 Å². The first-order valence-corrected chi connectivity index (χ1v) is 7.54. The number of aliphatic hydroxyl groups is 1. The quantitative estimate of drug-likeness (QED) is 0.782. The summed E-state index contributed by atoms with van der Waals surface area (Å²) in [4.78, 5) is 14.1. The predicted molar refractivity (Wildman–Crippen MR) is 72.9 cm³/mol. The van der Waals surface area contributed by atoms with Gasteiger partial charge >= 0.3 is 0 Å². The summed E-state index contributed by atoms with van der Waals surface area (Å²) in [6.07, 6.45) is 6.38. The van der Waals surface area contributed by atoms with Crippen molar-refractivity contribution in [2.45, 2.75) is 50.7 Å². The molecule has 2 fully saturated rings. The summed E-state index contributed by atoms with van der Waals surface area (Å²) in [5.74, 6) is 0.0412. The number of piperidine rings is 1. The number of nitrogens with one attached hydrogen (secondary N) is 1. The molecule has 5 nitrogen and oxygen atoms in total. The van der Waals surface area contributed by atoms with Crippen LogP contribution in [0.1, 0.15) is 38.5 Å². The monoisotopic (exact) mass is 270 g/mol. The lowest BCUT2D eigenvalue weighted by atomic mass is 10.1. The number of rotatable bonds is 4. The molecule has 0 aromatic carbocycles. The van der Waals surface area contributed by atoms with E-state index in [2.05, 4.69) is 5.32 Å². The number of ether oxygens (including phenoxy) is 1. The van der Waals surface area contributed by atoms with Crippen molar-refractivity contribution < 1.29 is 14.6 Å². The minimum absolute atomic E-state index is 0.00776. The van der Waals surface area contributed by atoms with E-state index >= 15 is 0 Å². The fourth-order valence-electron chi connectivity index (χ4n) is 2.93. The molecule has 2 rings (SSSR count). The van der Waals surface area contributed by atoms with Crippen molar-refractivity contribution in [1.82, 2.24) is 10.2 Å². The molecule has 0 aromatic heterocycles. The lowest BCUT2D eigenvalue weighted by molar-refractivity contribution is -0.141. The molecule has 19 heavy (non-hydrogen) atoms. The van der Waals surface area contributed by atoms with Gasteiger partial charge in [0.05, 0.1) is 18.8 Å². The molecule has 0 aromatic rings. The van der Waals surface area contributed by atoms with Crippen molar-refractivity contribution in [2.75, 3.05) is 32.8 Å². The first-order chi connectivity index (χ1) is 9.31. The highest BCUT2D eigenvalue weighted by molar-refractivity contribution is 5.77. The van der Waals surface area contributed by atoms with Gasteiger partial charge in [0.15, 0.2) is 0 Å². The topological polar surface area (TPSA) is 61.8 Å². The summed E-state index contributed by atoms with van der Waals surface area (Å²) >= 11 is 0. The third kappa shape index (κ3) is 4.44. The zero-order valence-corrected chi connectivity index (χ0v) is 11.6. The Bertz CT molecular complexity index is 280. The standard InChI is InChI=1S/C14H26N2O3/c17-10-12-4-2-1-3-9-16(12)14(18)11-19-13-5-7-15-8-6-13/h12-13,15,17H,1-11H2. The molecule has 0 spiro atoms. The first-order valence-electron chi connectivity index (χ1n) is 7.54. The molecule has 110 valence electrons. The smallest absolute Gasteiger partial charge is 0.248 e. The Morgan fingerprint density at radius 3 is 2.74 bits per heavy atom. The number of carbonyl (C=O) groups is 1. The van der Waals surface area contributed by atoms with E-state index in [0.717, 1.165) is 58.2 Å². The van der Waals surface area contributed by atoms with Gasteiger partial charge in [-0.25, -0.2) is 0 Å². The zero-order valence-electron chi connectivity index (χ0n) is 11.6. The fraction of sp³-hybridized carbons (Fsp3) is 0.929. The van der Waals surface area contributed by atoms with E-state index in [0.29, 0.717) is 0 Å². The summed E-state index contributed by atoms with van der Waals surface area (Å²) in [6, 6.07) is -0.00776. The molecule has 2 aliphatic heterocycles. The second-order valence-electron chi connectivity index (χ2n) is 5.53. The van der Waals surface area contributed by atoms with Crippen LogP contribution in [0.25, 0.3) is 0 Å². The second kappa shape index (κ2) is 7.82. The molecule has 2 saturated heterocycles. The molecular weight excluding hydrogens is 244 g/mol. The summed E-state index contributed by atoms with van der Waals surface area (Å²) in [7, 11) is 0. The van der Waals surface area contributed by atoms with Crippen LogP contribution in [0, 0.1) is 0 Å². The van der Waals surface area contributed by atoms with Crippen LogP contribution >= 0.6 is 0 Å². The molecule has 2 aliphatic rings. The SMILES string of the molecule is O=C(COC1CCNCC1)N1CCCCCC1CO. The van der Waals surface area contributed by atoms with Crippen LogP contribution in [0.5, 0.6) is 0 Å². The maximum absolute atomic E-state index is 12.2. The number of aliphatic hydroxyl groups excluding tert-OH is 1. The Labute approximate surface area is 115 Å². The summed E-state index contributed by atoms with van der Waals surface area (Å²) in [6.45, 7) is 2.95. The average Bonchev–Trinajstić information content (AvgIpc) is 2.71. The number of nitrogens with zero attached hydrogens (tertiary/aromatic N) is 1. The highest BCUT2D eigenvalue weighted by Gasteiger charge is 2.25. The average molecular weight is 270 g/mol. The largest absolute Gasteiger partial charge is 0.394 e. The van der Waals surface area contributed by atoms with Gasteiger partial charge in [0.1, 0.15) is 6.61 Å².